The minimum Gasteiger partial charge on any atom is -0.389 e. The lowest BCUT2D eigenvalue weighted by Crippen LogP contribution is -2.43. The van der Waals surface area contributed by atoms with Crippen molar-refractivity contribution in [3.05, 3.63) is 12.2 Å². The van der Waals surface area contributed by atoms with Crippen molar-refractivity contribution in [1.82, 2.24) is 15.1 Å². The predicted molar refractivity (Wildman–Crippen MR) is 68.3 cm³/mol. The van der Waals surface area contributed by atoms with E-state index in [1.54, 1.807) is 6.92 Å². The molecule has 0 aromatic rings. The Labute approximate surface area is 116 Å². The number of urea groups is 1. The van der Waals surface area contributed by atoms with Crippen molar-refractivity contribution in [2.45, 2.75) is 20.0 Å². The van der Waals surface area contributed by atoms with Gasteiger partial charge in [-0.15, -0.1) is 0 Å². The highest BCUT2D eigenvalue weighted by molar-refractivity contribution is 6.44. The van der Waals surface area contributed by atoms with Gasteiger partial charge in [0.2, 0.25) is 5.91 Å². The van der Waals surface area contributed by atoms with E-state index in [1.165, 1.54) is 6.92 Å². The molecule has 1 fully saturated rings. The third-order valence-electron chi connectivity index (χ3n) is 2.73. The van der Waals surface area contributed by atoms with Crippen LogP contribution >= 0.6 is 0 Å². The maximum atomic E-state index is 11.7. The van der Waals surface area contributed by atoms with E-state index in [0.717, 1.165) is 4.90 Å². The van der Waals surface area contributed by atoms with Crippen LogP contribution in [0.25, 0.3) is 0 Å². The molecule has 0 radical (unpaired) electrons. The number of amides is 5. The summed E-state index contributed by atoms with van der Waals surface area (Å²) in [7, 11) is 0. The standard InChI is InChI=1S/C12H17N3O5/c1-4-14-10(18)11(19)15(12(14)20)6-8(16)5-13-9(17)7(2)3/h8,16H,2,4-6H2,1,3H3,(H,13,17). The zero-order chi connectivity index (χ0) is 15.4. The first kappa shape index (κ1) is 15.8. The smallest absolute Gasteiger partial charge is 0.334 e. The zero-order valence-corrected chi connectivity index (χ0v) is 11.4. The van der Waals surface area contributed by atoms with Crippen LogP contribution in [0.1, 0.15) is 13.8 Å². The molecule has 1 heterocycles. The van der Waals surface area contributed by atoms with E-state index >= 15 is 0 Å². The molecule has 1 aliphatic rings. The fraction of sp³-hybridized carbons (Fsp3) is 0.500. The Morgan fingerprint density at radius 1 is 1.30 bits per heavy atom. The van der Waals surface area contributed by atoms with Gasteiger partial charge in [-0.05, 0) is 13.8 Å². The molecular weight excluding hydrogens is 266 g/mol. The normalized spacial score (nSPS) is 16.6. The van der Waals surface area contributed by atoms with E-state index in [9.17, 15) is 24.3 Å². The predicted octanol–water partition coefficient (Wildman–Crippen LogP) is -1.15. The van der Waals surface area contributed by atoms with E-state index in [2.05, 4.69) is 11.9 Å². The summed E-state index contributed by atoms with van der Waals surface area (Å²) < 4.78 is 0. The summed E-state index contributed by atoms with van der Waals surface area (Å²) in [5.74, 6) is -2.31. The first-order chi connectivity index (χ1) is 9.29. The van der Waals surface area contributed by atoms with Gasteiger partial charge >= 0.3 is 17.8 Å². The molecule has 0 bridgehead atoms. The van der Waals surface area contributed by atoms with Crippen molar-refractivity contribution in [3.63, 3.8) is 0 Å². The lowest BCUT2D eigenvalue weighted by molar-refractivity contribution is -0.143. The van der Waals surface area contributed by atoms with Crippen molar-refractivity contribution in [2.24, 2.45) is 0 Å². The zero-order valence-electron chi connectivity index (χ0n) is 11.4. The van der Waals surface area contributed by atoms with Gasteiger partial charge in [0.05, 0.1) is 12.6 Å². The number of likely N-dealkylation sites (N-methyl/N-ethyl adjacent to an activating group) is 1. The van der Waals surface area contributed by atoms with Crippen LogP contribution in [0.2, 0.25) is 0 Å². The van der Waals surface area contributed by atoms with Gasteiger partial charge in [0, 0.05) is 18.7 Å². The average molecular weight is 283 g/mol. The summed E-state index contributed by atoms with van der Waals surface area (Å²) in [6, 6.07) is -0.757. The molecule has 110 valence electrons. The molecule has 0 aromatic carbocycles. The highest BCUT2D eigenvalue weighted by atomic mass is 16.3. The molecule has 2 N–H and O–H groups in total. The Morgan fingerprint density at radius 2 is 1.85 bits per heavy atom. The second-order valence-corrected chi connectivity index (χ2v) is 4.39. The van der Waals surface area contributed by atoms with Gasteiger partial charge in [-0.3, -0.25) is 24.2 Å². The lowest BCUT2D eigenvalue weighted by atomic mass is 10.3. The number of carbonyl (C=O) groups is 4. The van der Waals surface area contributed by atoms with Crippen LogP contribution in [-0.2, 0) is 14.4 Å². The Hall–Kier alpha value is -2.22. The number of aliphatic hydroxyl groups is 1. The monoisotopic (exact) mass is 283 g/mol. The van der Waals surface area contributed by atoms with Gasteiger partial charge in [-0.25, -0.2) is 4.79 Å². The summed E-state index contributed by atoms with van der Waals surface area (Å²) in [6.07, 6.45) is -1.16. The van der Waals surface area contributed by atoms with Gasteiger partial charge in [0.15, 0.2) is 0 Å². The van der Waals surface area contributed by atoms with Crippen molar-refractivity contribution in [1.29, 1.82) is 0 Å². The Bertz CT molecular complexity index is 474. The molecule has 1 rings (SSSR count). The minimum absolute atomic E-state index is 0.0857. The molecule has 1 atom stereocenters. The number of imide groups is 2. The Balaban J connectivity index is 2.58. The average Bonchev–Trinajstić information content (AvgIpc) is 2.59. The van der Waals surface area contributed by atoms with Crippen molar-refractivity contribution in [3.8, 4) is 0 Å². The van der Waals surface area contributed by atoms with Crippen LogP contribution in [0.4, 0.5) is 4.79 Å². The molecule has 0 saturated carbocycles. The number of β-amino-alcohol motifs (C(OH)–C–C–N with tert-alkyl or cyclic N) is 1. The van der Waals surface area contributed by atoms with Crippen LogP contribution in [0, 0.1) is 0 Å². The number of hydrogen-bond donors (Lipinski definition) is 2. The first-order valence-corrected chi connectivity index (χ1v) is 6.08. The first-order valence-electron chi connectivity index (χ1n) is 6.08. The molecule has 0 spiro atoms. The highest BCUT2D eigenvalue weighted by Crippen LogP contribution is 2.11. The number of rotatable bonds is 6. The molecule has 1 saturated heterocycles. The second kappa shape index (κ2) is 6.29. The third kappa shape index (κ3) is 3.21. The second-order valence-electron chi connectivity index (χ2n) is 4.39. The summed E-state index contributed by atoms with van der Waals surface area (Å²) in [4.78, 5) is 47.4. The molecule has 0 aromatic heterocycles. The number of carbonyl (C=O) groups excluding carboxylic acids is 4. The number of hydrogen-bond acceptors (Lipinski definition) is 5. The maximum absolute atomic E-state index is 11.7. The molecule has 8 nitrogen and oxygen atoms in total. The van der Waals surface area contributed by atoms with Gasteiger partial charge in [0.25, 0.3) is 0 Å². The van der Waals surface area contributed by atoms with E-state index in [-0.39, 0.29) is 25.2 Å². The Kier molecular flexibility index (Phi) is 4.98. The van der Waals surface area contributed by atoms with Crippen LogP contribution < -0.4 is 5.32 Å². The maximum Gasteiger partial charge on any atom is 0.334 e. The summed E-state index contributed by atoms with van der Waals surface area (Å²) in [5, 5.41) is 12.1. The van der Waals surface area contributed by atoms with E-state index in [4.69, 9.17) is 0 Å². The van der Waals surface area contributed by atoms with Crippen molar-refractivity contribution < 1.29 is 24.3 Å². The number of aliphatic hydroxyl groups excluding tert-OH is 1. The number of nitrogens with zero attached hydrogens (tertiary/aromatic N) is 2. The van der Waals surface area contributed by atoms with Gasteiger partial charge < -0.3 is 10.4 Å². The van der Waals surface area contributed by atoms with Gasteiger partial charge in [0.1, 0.15) is 0 Å². The lowest BCUT2D eigenvalue weighted by Gasteiger charge is -2.18. The van der Waals surface area contributed by atoms with Crippen LogP contribution in [0.3, 0.4) is 0 Å². The van der Waals surface area contributed by atoms with E-state index in [1.807, 2.05) is 0 Å². The minimum atomic E-state index is -1.16. The SMILES string of the molecule is C=C(C)C(=O)NCC(O)CN1C(=O)C(=O)N(CC)C1=O. The largest absolute Gasteiger partial charge is 0.389 e. The van der Waals surface area contributed by atoms with Crippen LogP contribution in [0.5, 0.6) is 0 Å². The summed E-state index contributed by atoms with van der Waals surface area (Å²) in [6.45, 7) is 6.09. The molecule has 0 aliphatic carbocycles. The number of nitrogens with one attached hydrogen (secondary N) is 1. The summed E-state index contributed by atoms with van der Waals surface area (Å²) in [5.41, 5.74) is 0.276. The Morgan fingerprint density at radius 3 is 2.30 bits per heavy atom. The highest BCUT2D eigenvalue weighted by Gasteiger charge is 2.44. The fourth-order valence-electron chi connectivity index (χ4n) is 1.63. The third-order valence-corrected chi connectivity index (χ3v) is 2.73. The molecule has 8 heteroatoms. The fourth-order valence-corrected chi connectivity index (χ4v) is 1.63. The summed E-state index contributed by atoms with van der Waals surface area (Å²) >= 11 is 0. The van der Waals surface area contributed by atoms with Crippen LogP contribution in [0.15, 0.2) is 12.2 Å². The molecule has 1 unspecified atom stereocenters. The van der Waals surface area contributed by atoms with Crippen molar-refractivity contribution >= 4 is 23.8 Å². The van der Waals surface area contributed by atoms with Gasteiger partial charge in [-0.1, -0.05) is 6.58 Å². The van der Waals surface area contributed by atoms with E-state index in [0.29, 0.717) is 4.90 Å². The molecule has 1 aliphatic heterocycles. The van der Waals surface area contributed by atoms with Gasteiger partial charge in [-0.2, -0.15) is 0 Å². The molecule has 20 heavy (non-hydrogen) atoms. The molecular formula is C12H17N3O5. The van der Waals surface area contributed by atoms with E-state index < -0.39 is 29.9 Å². The topological polar surface area (TPSA) is 107 Å². The quantitative estimate of drug-likeness (QED) is 0.363. The molecule has 5 amide bonds. The van der Waals surface area contributed by atoms with Crippen LogP contribution in [-0.4, -0.2) is 64.4 Å². The van der Waals surface area contributed by atoms with Crippen molar-refractivity contribution in [2.75, 3.05) is 19.6 Å².